The van der Waals surface area contributed by atoms with E-state index >= 15 is 0 Å². The molecule has 0 amide bonds. The van der Waals surface area contributed by atoms with Crippen molar-refractivity contribution in [3.63, 3.8) is 0 Å². The van der Waals surface area contributed by atoms with E-state index in [-0.39, 0.29) is 0 Å². The van der Waals surface area contributed by atoms with Crippen LogP contribution in [-0.2, 0) is 25.7 Å². The Labute approximate surface area is 208 Å². The van der Waals surface area contributed by atoms with E-state index in [0.29, 0.717) is 17.3 Å². The molecule has 2 aliphatic rings. The number of fused-ring (bicyclic) bond motifs is 2. The molecule has 8 heteroatoms. The molecule has 0 unspecified atom stereocenters. The lowest BCUT2D eigenvalue weighted by Gasteiger charge is -2.22. The monoisotopic (exact) mass is 479 g/mol. The Kier molecular flexibility index (Phi) is 8.87. The fraction of sp³-hybridized carbons (Fsp3) is 0.385. The minimum atomic E-state index is 0.563. The molecule has 6 N–H and O–H groups in total. The molecule has 0 bridgehead atoms. The molecule has 1 aromatic rings. The number of hydrogen-bond acceptors (Lipinski definition) is 8. The van der Waals surface area contributed by atoms with Gasteiger partial charge in [0.25, 0.3) is 0 Å². The molecule has 0 atom stereocenters. The van der Waals surface area contributed by atoms with Gasteiger partial charge in [0.05, 0.1) is 28.7 Å². The summed E-state index contributed by atoms with van der Waals surface area (Å²) >= 11 is 1.30. The number of allylic oxidation sites excluding steroid dienone is 1. The molecule has 0 spiro atoms. The molecule has 2 aliphatic carbocycles. The lowest BCUT2D eigenvalue weighted by Crippen LogP contribution is -2.28. The molecular weight excluding hydrogens is 442 g/mol. The lowest BCUT2D eigenvalue weighted by molar-refractivity contribution is 0.504. The van der Waals surface area contributed by atoms with Gasteiger partial charge in [0.15, 0.2) is 0 Å². The van der Waals surface area contributed by atoms with Crippen LogP contribution in [0.5, 0.6) is 0 Å². The van der Waals surface area contributed by atoms with E-state index in [1.165, 1.54) is 71.8 Å². The predicted molar refractivity (Wildman–Crippen MR) is 148 cm³/mol. The van der Waals surface area contributed by atoms with Crippen LogP contribution in [0.3, 0.4) is 0 Å². The highest BCUT2D eigenvalue weighted by molar-refractivity contribution is 8.01. The molecule has 34 heavy (non-hydrogen) atoms. The molecule has 0 fully saturated rings. The molecular formula is C26H37N7S. The Balaban J connectivity index is 1.61. The standard InChI is InChI=1S/C26H37N7S/c1-17(33(5)16-21(29-3)12-13-27)24(30-4)15-25(28)34-32-18(2)31-26-22-10-6-8-19(22)14-20-9-7-11-23(20)26/h12-15,31-32H,1-2,6-11,16,27-28H2,3-5H3. The maximum absolute atomic E-state index is 6.29. The van der Waals surface area contributed by atoms with Crippen molar-refractivity contribution in [1.29, 1.82) is 0 Å². The van der Waals surface area contributed by atoms with E-state index in [1.807, 2.05) is 18.0 Å². The van der Waals surface area contributed by atoms with Gasteiger partial charge in [-0.05, 0) is 79.1 Å². The second kappa shape index (κ2) is 11.8. The number of nitrogens with zero attached hydrogens (tertiary/aromatic N) is 3. The SMILES string of the molecule is C=C(NSC(N)=CC(=NC)C(=C)N(C)CC(C=CN)=NC)Nc1c2c(cc3c1CCC3)CCC2. The largest absolute Gasteiger partial charge is 0.405 e. The molecule has 0 heterocycles. The van der Waals surface area contributed by atoms with E-state index in [9.17, 15) is 0 Å². The first-order chi connectivity index (χ1) is 16.4. The minimum absolute atomic E-state index is 0.563. The predicted octanol–water partition coefficient (Wildman–Crippen LogP) is 3.64. The van der Waals surface area contributed by atoms with Crippen LogP contribution in [0.4, 0.5) is 5.69 Å². The van der Waals surface area contributed by atoms with Gasteiger partial charge in [0.2, 0.25) is 0 Å². The Morgan fingerprint density at radius 3 is 2.32 bits per heavy atom. The molecule has 0 saturated heterocycles. The van der Waals surface area contributed by atoms with Crippen molar-refractivity contribution in [2.45, 2.75) is 38.5 Å². The Morgan fingerprint density at radius 1 is 1.12 bits per heavy atom. The van der Waals surface area contributed by atoms with Crippen molar-refractivity contribution in [2.75, 3.05) is 33.0 Å². The number of anilines is 1. The summed E-state index contributed by atoms with van der Waals surface area (Å²) < 4.78 is 3.25. The number of aliphatic imine (C=N–C) groups is 2. The lowest BCUT2D eigenvalue weighted by atomic mass is 9.99. The van der Waals surface area contributed by atoms with E-state index in [0.717, 1.165) is 30.1 Å². The maximum atomic E-state index is 6.29. The highest BCUT2D eigenvalue weighted by atomic mass is 32.2. The summed E-state index contributed by atoms with van der Waals surface area (Å²) in [7, 11) is 5.39. The number of nitrogens with one attached hydrogen (secondary N) is 2. The van der Waals surface area contributed by atoms with Crippen LogP contribution in [0.1, 0.15) is 35.1 Å². The summed E-state index contributed by atoms with van der Waals surface area (Å²) in [4.78, 5) is 10.5. The Morgan fingerprint density at radius 2 is 1.76 bits per heavy atom. The summed E-state index contributed by atoms with van der Waals surface area (Å²) in [6, 6.07) is 2.43. The molecule has 7 nitrogen and oxygen atoms in total. The Hall–Kier alpha value is -3.13. The van der Waals surface area contributed by atoms with Crippen molar-refractivity contribution in [1.82, 2.24) is 9.62 Å². The normalized spacial score (nSPS) is 15.9. The summed E-state index contributed by atoms with van der Waals surface area (Å²) in [6.07, 6.45) is 12.1. The average molecular weight is 480 g/mol. The zero-order valence-corrected chi connectivity index (χ0v) is 21.4. The van der Waals surface area contributed by atoms with Crippen molar-refractivity contribution in [3.8, 4) is 0 Å². The summed E-state index contributed by atoms with van der Waals surface area (Å²) in [6.45, 7) is 8.92. The van der Waals surface area contributed by atoms with Crippen LogP contribution in [0.25, 0.3) is 0 Å². The topological polar surface area (TPSA) is 104 Å². The summed E-state index contributed by atoms with van der Waals surface area (Å²) in [5.74, 6) is 0.721. The second-order valence-electron chi connectivity index (χ2n) is 8.57. The second-order valence-corrected chi connectivity index (χ2v) is 9.45. The van der Waals surface area contributed by atoms with Gasteiger partial charge in [0.1, 0.15) is 5.82 Å². The van der Waals surface area contributed by atoms with Gasteiger partial charge in [0, 0.05) is 38.8 Å². The molecule has 0 aromatic heterocycles. The van der Waals surface area contributed by atoms with Gasteiger partial charge in [-0.1, -0.05) is 19.2 Å². The maximum Gasteiger partial charge on any atom is 0.106 e. The van der Waals surface area contributed by atoms with Gasteiger partial charge in [-0.25, -0.2) is 0 Å². The first-order valence-corrected chi connectivity index (χ1v) is 12.4. The summed E-state index contributed by atoms with van der Waals surface area (Å²) in [5.41, 5.74) is 21.2. The van der Waals surface area contributed by atoms with E-state index in [4.69, 9.17) is 11.5 Å². The first-order valence-electron chi connectivity index (χ1n) is 11.6. The third kappa shape index (κ3) is 6.05. The minimum Gasteiger partial charge on any atom is -0.405 e. The number of aryl methyl sites for hydroxylation is 2. The molecule has 0 aliphatic heterocycles. The molecule has 1 aromatic carbocycles. The van der Waals surface area contributed by atoms with Gasteiger partial charge >= 0.3 is 0 Å². The fourth-order valence-electron chi connectivity index (χ4n) is 4.55. The quantitative estimate of drug-likeness (QED) is 0.285. The molecule has 0 saturated carbocycles. The van der Waals surface area contributed by atoms with Crippen LogP contribution < -0.4 is 21.5 Å². The molecule has 182 valence electrons. The molecule has 0 radical (unpaired) electrons. The number of rotatable bonds is 11. The van der Waals surface area contributed by atoms with Crippen LogP contribution in [0, 0.1) is 0 Å². The van der Waals surface area contributed by atoms with Crippen molar-refractivity contribution >= 4 is 29.1 Å². The first kappa shape index (κ1) is 25.5. The van der Waals surface area contributed by atoms with Crippen LogP contribution >= 0.6 is 11.9 Å². The molecule has 3 rings (SSSR count). The smallest absolute Gasteiger partial charge is 0.106 e. The van der Waals surface area contributed by atoms with Gasteiger partial charge < -0.3 is 26.4 Å². The highest BCUT2D eigenvalue weighted by Crippen LogP contribution is 2.39. The van der Waals surface area contributed by atoms with Crippen molar-refractivity contribution in [3.05, 3.63) is 76.4 Å². The van der Waals surface area contributed by atoms with E-state index < -0.39 is 0 Å². The zero-order chi connectivity index (χ0) is 24.7. The number of nitrogens with two attached hydrogens (primary N) is 2. The van der Waals surface area contributed by atoms with Gasteiger partial charge in [-0.15, -0.1) is 0 Å². The van der Waals surface area contributed by atoms with Gasteiger partial charge in [-0.2, -0.15) is 0 Å². The summed E-state index contributed by atoms with van der Waals surface area (Å²) in [5, 5.41) is 4.11. The highest BCUT2D eigenvalue weighted by Gasteiger charge is 2.24. The van der Waals surface area contributed by atoms with Crippen LogP contribution in [-0.4, -0.2) is 44.0 Å². The van der Waals surface area contributed by atoms with E-state index in [2.05, 4.69) is 39.2 Å². The number of benzene rings is 1. The van der Waals surface area contributed by atoms with E-state index in [1.54, 1.807) is 20.2 Å². The van der Waals surface area contributed by atoms with Crippen molar-refractivity contribution < 1.29 is 0 Å². The third-order valence-corrected chi connectivity index (χ3v) is 6.99. The van der Waals surface area contributed by atoms with Crippen LogP contribution in [0.2, 0.25) is 0 Å². The Bertz CT molecular complexity index is 1030. The average Bonchev–Trinajstić information content (AvgIpc) is 3.49. The van der Waals surface area contributed by atoms with Crippen molar-refractivity contribution in [2.24, 2.45) is 21.5 Å². The number of hydrogen-bond donors (Lipinski definition) is 4. The van der Waals surface area contributed by atoms with Crippen LogP contribution in [0.15, 0.2) is 64.1 Å². The van der Waals surface area contributed by atoms with Gasteiger partial charge in [-0.3, -0.25) is 9.98 Å². The third-order valence-electron chi connectivity index (χ3n) is 6.29. The fourth-order valence-corrected chi connectivity index (χ4v) is 5.01. The zero-order valence-electron chi connectivity index (χ0n) is 20.6.